The van der Waals surface area contributed by atoms with Gasteiger partial charge in [0.1, 0.15) is 5.82 Å². The van der Waals surface area contributed by atoms with Crippen LogP contribution < -0.4 is 5.73 Å². The van der Waals surface area contributed by atoms with Crippen LogP contribution in [0.15, 0.2) is 4.34 Å². The molecule has 2 N–H and O–H groups in total. The second-order valence-corrected chi connectivity index (χ2v) is 6.06. The van der Waals surface area contributed by atoms with E-state index in [0.717, 1.165) is 23.0 Å². The van der Waals surface area contributed by atoms with E-state index in [1.807, 2.05) is 18.7 Å². The Morgan fingerprint density at radius 1 is 1.36 bits per heavy atom. The molecule has 0 saturated heterocycles. The minimum Gasteiger partial charge on any atom is -0.328 e. The maximum atomic E-state index is 5.86. The number of hydrogen-bond donors (Lipinski definition) is 1. The van der Waals surface area contributed by atoms with Crippen LogP contribution in [0.25, 0.3) is 0 Å². The largest absolute Gasteiger partial charge is 0.328 e. The summed E-state index contributed by atoms with van der Waals surface area (Å²) in [4.78, 5) is 4.36. The van der Waals surface area contributed by atoms with Crippen LogP contribution in [0.1, 0.15) is 31.5 Å². The Hall–Kier alpha value is -0.130. The maximum absolute atomic E-state index is 5.86. The molecule has 0 unspecified atom stereocenters. The first-order chi connectivity index (χ1) is 6.74. The summed E-state index contributed by atoms with van der Waals surface area (Å²) in [6.45, 7) is 1.94. The number of thioether (sulfide) groups is 1. The van der Waals surface area contributed by atoms with Gasteiger partial charge in [-0.15, -0.1) is 0 Å². The highest BCUT2D eigenvalue weighted by Gasteiger charge is 2.20. The van der Waals surface area contributed by atoms with E-state index in [0.29, 0.717) is 11.3 Å². The second-order valence-electron chi connectivity index (χ2n) is 3.76. The van der Waals surface area contributed by atoms with Crippen LogP contribution in [-0.4, -0.2) is 20.6 Å². The molecule has 0 spiro atoms. The SMILES string of the molecule is Cc1nsc(SC2CCC(N)CC2)n1. The third-order valence-electron chi connectivity index (χ3n) is 2.50. The molecule has 1 saturated carbocycles. The van der Waals surface area contributed by atoms with Gasteiger partial charge in [-0.2, -0.15) is 4.37 Å². The summed E-state index contributed by atoms with van der Waals surface area (Å²) in [5.41, 5.74) is 5.86. The van der Waals surface area contributed by atoms with Crippen LogP contribution in [0, 0.1) is 6.92 Å². The first-order valence-corrected chi connectivity index (χ1v) is 6.62. The van der Waals surface area contributed by atoms with Gasteiger partial charge in [-0.05, 0) is 44.1 Å². The highest BCUT2D eigenvalue weighted by Crippen LogP contribution is 2.33. The molecular formula is C9H15N3S2. The third kappa shape index (κ3) is 2.68. The van der Waals surface area contributed by atoms with E-state index in [4.69, 9.17) is 5.73 Å². The predicted molar refractivity (Wildman–Crippen MR) is 60.7 cm³/mol. The first-order valence-electron chi connectivity index (χ1n) is 4.96. The Labute approximate surface area is 92.7 Å². The van der Waals surface area contributed by atoms with Gasteiger partial charge in [-0.3, -0.25) is 0 Å². The van der Waals surface area contributed by atoms with Gasteiger partial charge in [0.15, 0.2) is 4.34 Å². The number of aromatic nitrogens is 2. The Balaban J connectivity index is 1.86. The lowest BCUT2D eigenvalue weighted by Gasteiger charge is -2.24. The van der Waals surface area contributed by atoms with Gasteiger partial charge in [0.2, 0.25) is 0 Å². The molecule has 1 aliphatic carbocycles. The molecular weight excluding hydrogens is 214 g/mol. The number of aryl methyl sites for hydroxylation is 1. The minimum absolute atomic E-state index is 0.433. The van der Waals surface area contributed by atoms with Crippen LogP contribution in [0.5, 0.6) is 0 Å². The number of nitrogens with two attached hydrogens (primary N) is 1. The highest BCUT2D eigenvalue weighted by molar-refractivity contribution is 8.01. The normalized spacial score (nSPS) is 27.9. The van der Waals surface area contributed by atoms with E-state index in [1.54, 1.807) is 0 Å². The molecule has 0 atom stereocenters. The van der Waals surface area contributed by atoms with Crippen LogP contribution in [0.3, 0.4) is 0 Å². The molecule has 5 heteroatoms. The summed E-state index contributed by atoms with van der Waals surface area (Å²) in [5, 5.41) is 0.710. The molecule has 0 radical (unpaired) electrons. The molecule has 1 heterocycles. The lowest BCUT2D eigenvalue weighted by Crippen LogP contribution is -2.27. The lowest BCUT2D eigenvalue weighted by atomic mass is 9.96. The van der Waals surface area contributed by atoms with Gasteiger partial charge in [-0.1, -0.05) is 11.8 Å². The predicted octanol–water partition coefficient (Wildman–Crippen LogP) is 2.21. The van der Waals surface area contributed by atoms with E-state index >= 15 is 0 Å². The molecule has 1 aliphatic rings. The van der Waals surface area contributed by atoms with Gasteiger partial charge in [0.05, 0.1) is 0 Å². The number of hydrogen-bond acceptors (Lipinski definition) is 5. The van der Waals surface area contributed by atoms with Crippen molar-refractivity contribution >= 4 is 23.3 Å². The Morgan fingerprint density at radius 3 is 2.64 bits per heavy atom. The van der Waals surface area contributed by atoms with Gasteiger partial charge >= 0.3 is 0 Å². The monoisotopic (exact) mass is 229 g/mol. The zero-order chi connectivity index (χ0) is 9.97. The van der Waals surface area contributed by atoms with E-state index < -0.39 is 0 Å². The van der Waals surface area contributed by atoms with Crippen molar-refractivity contribution in [3.05, 3.63) is 5.82 Å². The van der Waals surface area contributed by atoms with Gasteiger partial charge in [0.25, 0.3) is 0 Å². The summed E-state index contributed by atoms with van der Waals surface area (Å²) in [5.74, 6) is 0.894. The van der Waals surface area contributed by atoms with Crippen molar-refractivity contribution in [2.45, 2.75) is 48.2 Å². The molecule has 1 aromatic rings. The average Bonchev–Trinajstić information content (AvgIpc) is 2.56. The van der Waals surface area contributed by atoms with Crippen molar-refractivity contribution in [3.63, 3.8) is 0 Å². The minimum atomic E-state index is 0.433. The standard InChI is InChI=1S/C9H15N3S2/c1-6-11-9(14-12-6)13-8-4-2-7(10)3-5-8/h7-8H,2-5,10H2,1H3. The lowest BCUT2D eigenvalue weighted by molar-refractivity contribution is 0.451. The fourth-order valence-electron chi connectivity index (χ4n) is 1.67. The van der Waals surface area contributed by atoms with Gasteiger partial charge in [0, 0.05) is 11.3 Å². The Morgan fingerprint density at radius 2 is 2.07 bits per heavy atom. The van der Waals surface area contributed by atoms with E-state index in [2.05, 4.69) is 9.36 Å². The highest BCUT2D eigenvalue weighted by atomic mass is 32.2. The molecule has 3 nitrogen and oxygen atoms in total. The number of rotatable bonds is 2. The van der Waals surface area contributed by atoms with Crippen LogP contribution in [-0.2, 0) is 0 Å². The third-order valence-corrected chi connectivity index (χ3v) is 4.71. The summed E-state index contributed by atoms with van der Waals surface area (Å²) >= 11 is 3.39. The maximum Gasteiger partial charge on any atom is 0.170 e. The van der Waals surface area contributed by atoms with E-state index in [-0.39, 0.29) is 0 Å². The molecule has 0 aromatic carbocycles. The van der Waals surface area contributed by atoms with Crippen molar-refractivity contribution in [1.29, 1.82) is 0 Å². The molecule has 78 valence electrons. The number of nitrogens with zero attached hydrogens (tertiary/aromatic N) is 2. The van der Waals surface area contributed by atoms with E-state index in [1.165, 1.54) is 24.4 Å². The summed E-state index contributed by atoms with van der Waals surface area (Å²) < 4.78 is 5.30. The average molecular weight is 229 g/mol. The second kappa shape index (κ2) is 4.59. The molecule has 0 amide bonds. The zero-order valence-electron chi connectivity index (χ0n) is 8.27. The van der Waals surface area contributed by atoms with Crippen LogP contribution in [0.4, 0.5) is 0 Å². The smallest absolute Gasteiger partial charge is 0.170 e. The first kappa shape index (κ1) is 10.4. The van der Waals surface area contributed by atoms with Crippen LogP contribution >= 0.6 is 23.3 Å². The molecule has 2 rings (SSSR count). The fourth-order valence-corrected chi connectivity index (χ4v) is 3.77. The van der Waals surface area contributed by atoms with Crippen molar-refractivity contribution < 1.29 is 0 Å². The fraction of sp³-hybridized carbons (Fsp3) is 0.778. The molecule has 0 bridgehead atoms. The topological polar surface area (TPSA) is 51.8 Å². The molecule has 14 heavy (non-hydrogen) atoms. The van der Waals surface area contributed by atoms with Crippen LogP contribution in [0.2, 0.25) is 0 Å². The summed E-state index contributed by atoms with van der Waals surface area (Å²) in [6, 6.07) is 0.433. The van der Waals surface area contributed by atoms with Crippen molar-refractivity contribution in [2.75, 3.05) is 0 Å². The Kier molecular flexibility index (Phi) is 3.41. The van der Waals surface area contributed by atoms with Crippen molar-refractivity contribution in [3.8, 4) is 0 Å². The van der Waals surface area contributed by atoms with Gasteiger partial charge in [-0.25, -0.2) is 4.98 Å². The molecule has 1 fully saturated rings. The summed E-state index contributed by atoms with van der Waals surface area (Å²) in [7, 11) is 0. The molecule has 1 aromatic heterocycles. The van der Waals surface area contributed by atoms with Crippen molar-refractivity contribution in [2.24, 2.45) is 5.73 Å². The summed E-state index contributed by atoms with van der Waals surface area (Å²) in [6.07, 6.45) is 4.78. The zero-order valence-corrected chi connectivity index (χ0v) is 9.90. The van der Waals surface area contributed by atoms with Gasteiger partial charge < -0.3 is 5.73 Å². The van der Waals surface area contributed by atoms with E-state index in [9.17, 15) is 0 Å². The quantitative estimate of drug-likeness (QED) is 0.844. The Bertz CT molecular complexity index is 292. The van der Waals surface area contributed by atoms with Crippen molar-refractivity contribution in [1.82, 2.24) is 9.36 Å². The molecule has 0 aliphatic heterocycles.